The van der Waals surface area contributed by atoms with E-state index in [9.17, 15) is 4.79 Å². The molecule has 2 N–H and O–H groups in total. The van der Waals surface area contributed by atoms with Crippen molar-refractivity contribution < 1.29 is 4.79 Å². The van der Waals surface area contributed by atoms with Crippen LogP contribution in [0.2, 0.25) is 0 Å². The van der Waals surface area contributed by atoms with Crippen LogP contribution in [0.3, 0.4) is 0 Å². The minimum absolute atomic E-state index is 0. The molecule has 0 aromatic heterocycles. The Morgan fingerprint density at radius 1 is 1.28 bits per heavy atom. The van der Waals surface area contributed by atoms with Gasteiger partial charge in [-0.2, -0.15) is 0 Å². The molecule has 18 heavy (non-hydrogen) atoms. The third kappa shape index (κ3) is 3.72. The Balaban J connectivity index is 0.00000162. The topological polar surface area (TPSA) is 41.1 Å². The summed E-state index contributed by atoms with van der Waals surface area (Å²) in [5, 5.41) is 6.42. The lowest BCUT2D eigenvalue weighted by Gasteiger charge is -2.24. The van der Waals surface area contributed by atoms with Gasteiger partial charge in [-0.25, -0.2) is 0 Å². The van der Waals surface area contributed by atoms with Crippen molar-refractivity contribution in [2.45, 2.75) is 32.7 Å². The number of halogens is 1. The van der Waals surface area contributed by atoms with E-state index in [4.69, 9.17) is 0 Å². The van der Waals surface area contributed by atoms with Crippen molar-refractivity contribution in [3.8, 4) is 0 Å². The zero-order chi connectivity index (χ0) is 12.3. The number of carbonyl (C=O) groups is 1. The van der Waals surface area contributed by atoms with Crippen LogP contribution in [0.15, 0.2) is 18.2 Å². The van der Waals surface area contributed by atoms with Crippen LogP contribution in [0, 0.1) is 13.8 Å². The largest absolute Gasteiger partial charge is 0.349 e. The van der Waals surface area contributed by atoms with E-state index < -0.39 is 0 Å². The maximum absolute atomic E-state index is 12.2. The molecule has 1 fully saturated rings. The number of piperidine rings is 1. The van der Waals surface area contributed by atoms with E-state index in [0.29, 0.717) is 6.04 Å². The van der Waals surface area contributed by atoms with Gasteiger partial charge in [0.05, 0.1) is 0 Å². The van der Waals surface area contributed by atoms with Crippen LogP contribution in [0.4, 0.5) is 0 Å². The van der Waals surface area contributed by atoms with Gasteiger partial charge in [-0.15, -0.1) is 12.4 Å². The second kappa shape index (κ2) is 6.76. The highest BCUT2D eigenvalue weighted by atomic mass is 35.5. The molecule has 0 atom stereocenters. The Hall–Kier alpha value is -1.06. The number of amides is 1. The van der Waals surface area contributed by atoms with E-state index in [1.165, 1.54) is 0 Å². The average molecular weight is 269 g/mol. The van der Waals surface area contributed by atoms with Crippen LogP contribution in [0.5, 0.6) is 0 Å². The van der Waals surface area contributed by atoms with E-state index >= 15 is 0 Å². The number of aryl methyl sites for hydroxylation is 2. The molecule has 2 rings (SSSR count). The molecule has 0 aliphatic carbocycles. The second-order valence-electron chi connectivity index (χ2n) is 4.82. The number of rotatable bonds is 2. The molecule has 3 nitrogen and oxygen atoms in total. The fraction of sp³-hybridized carbons (Fsp3) is 0.500. The molecule has 1 heterocycles. The molecular formula is C14H21ClN2O. The van der Waals surface area contributed by atoms with Crippen molar-refractivity contribution in [1.29, 1.82) is 0 Å². The van der Waals surface area contributed by atoms with E-state index in [1.54, 1.807) is 0 Å². The van der Waals surface area contributed by atoms with Gasteiger partial charge in [-0.3, -0.25) is 4.79 Å². The van der Waals surface area contributed by atoms with Gasteiger partial charge in [-0.1, -0.05) is 17.7 Å². The third-order valence-electron chi connectivity index (χ3n) is 3.31. The standard InChI is InChI=1S/C14H20N2O.ClH/c1-10-3-4-11(2)13(9-10)14(17)16-12-5-7-15-8-6-12;/h3-4,9,12,15H,5-8H2,1-2H3,(H,16,17);1H. The fourth-order valence-electron chi connectivity index (χ4n) is 2.21. The molecule has 1 aromatic carbocycles. The quantitative estimate of drug-likeness (QED) is 0.864. The van der Waals surface area contributed by atoms with Gasteiger partial charge in [-0.05, 0) is 51.4 Å². The molecule has 100 valence electrons. The second-order valence-corrected chi connectivity index (χ2v) is 4.82. The number of carbonyl (C=O) groups excluding carboxylic acids is 1. The lowest BCUT2D eigenvalue weighted by molar-refractivity contribution is 0.0929. The first-order valence-electron chi connectivity index (χ1n) is 6.25. The third-order valence-corrected chi connectivity index (χ3v) is 3.31. The molecule has 4 heteroatoms. The van der Waals surface area contributed by atoms with Gasteiger partial charge in [0.1, 0.15) is 0 Å². The van der Waals surface area contributed by atoms with E-state index in [2.05, 4.69) is 10.6 Å². The molecule has 0 bridgehead atoms. The number of hydrogen-bond acceptors (Lipinski definition) is 2. The Morgan fingerprint density at radius 2 is 1.94 bits per heavy atom. The maximum Gasteiger partial charge on any atom is 0.251 e. The lowest BCUT2D eigenvalue weighted by atomic mass is 10.0. The first-order chi connectivity index (χ1) is 8.16. The van der Waals surface area contributed by atoms with E-state index in [0.717, 1.165) is 42.6 Å². The van der Waals surface area contributed by atoms with Crippen molar-refractivity contribution in [3.05, 3.63) is 34.9 Å². The lowest BCUT2D eigenvalue weighted by Crippen LogP contribution is -2.42. The Kier molecular flexibility index (Phi) is 5.63. The minimum Gasteiger partial charge on any atom is -0.349 e. The molecule has 1 amide bonds. The smallest absolute Gasteiger partial charge is 0.251 e. The van der Waals surface area contributed by atoms with Crippen molar-refractivity contribution in [2.24, 2.45) is 0 Å². The predicted molar refractivity (Wildman–Crippen MR) is 76.5 cm³/mol. The fourth-order valence-corrected chi connectivity index (χ4v) is 2.21. The molecular weight excluding hydrogens is 248 g/mol. The SMILES string of the molecule is Cc1ccc(C)c(C(=O)NC2CCNCC2)c1.Cl. The van der Waals surface area contributed by atoms with Crippen LogP contribution in [-0.4, -0.2) is 25.0 Å². The molecule has 0 radical (unpaired) electrons. The summed E-state index contributed by atoms with van der Waals surface area (Å²) < 4.78 is 0. The molecule has 1 saturated heterocycles. The zero-order valence-corrected chi connectivity index (χ0v) is 11.8. The van der Waals surface area contributed by atoms with Crippen LogP contribution < -0.4 is 10.6 Å². The summed E-state index contributed by atoms with van der Waals surface area (Å²) in [5.41, 5.74) is 2.98. The van der Waals surface area contributed by atoms with Gasteiger partial charge >= 0.3 is 0 Å². The summed E-state index contributed by atoms with van der Waals surface area (Å²) in [5.74, 6) is 0.0677. The highest BCUT2D eigenvalue weighted by Gasteiger charge is 2.17. The van der Waals surface area contributed by atoms with Crippen molar-refractivity contribution in [2.75, 3.05) is 13.1 Å². The van der Waals surface area contributed by atoms with Crippen molar-refractivity contribution >= 4 is 18.3 Å². The molecule has 0 spiro atoms. The maximum atomic E-state index is 12.2. The molecule has 0 unspecified atom stereocenters. The van der Waals surface area contributed by atoms with Gasteiger partial charge in [0.25, 0.3) is 5.91 Å². The Bertz CT molecular complexity index is 414. The Morgan fingerprint density at radius 3 is 2.61 bits per heavy atom. The average Bonchev–Trinajstić information content (AvgIpc) is 2.33. The van der Waals surface area contributed by atoms with Crippen molar-refractivity contribution in [1.82, 2.24) is 10.6 Å². The zero-order valence-electron chi connectivity index (χ0n) is 11.0. The number of hydrogen-bond donors (Lipinski definition) is 2. The first-order valence-corrected chi connectivity index (χ1v) is 6.25. The van der Waals surface area contributed by atoms with Gasteiger partial charge < -0.3 is 10.6 Å². The van der Waals surface area contributed by atoms with Crippen LogP contribution in [0.25, 0.3) is 0 Å². The first kappa shape index (κ1) is 15.0. The summed E-state index contributed by atoms with van der Waals surface area (Å²) in [7, 11) is 0. The molecule has 1 aliphatic rings. The number of benzene rings is 1. The monoisotopic (exact) mass is 268 g/mol. The molecule has 1 aromatic rings. The van der Waals surface area contributed by atoms with Gasteiger partial charge in [0.15, 0.2) is 0 Å². The van der Waals surface area contributed by atoms with Gasteiger partial charge in [0, 0.05) is 11.6 Å². The molecule has 1 aliphatic heterocycles. The highest BCUT2D eigenvalue weighted by Crippen LogP contribution is 2.12. The Labute approximate surface area is 115 Å². The minimum atomic E-state index is 0. The summed E-state index contributed by atoms with van der Waals surface area (Å²) in [4.78, 5) is 12.2. The van der Waals surface area contributed by atoms with Crippen LogP contribution in [0.1, 0.15) is 34.3 Å². The summed E-state index contributed by atoms with van der Waals surface area (Å²) in [6.45, 7) is 5.99. The summed E-state index contributed by atoms with van der Waals surface area (Å²) in [6.07, 6.45) is 2.05. The van der Waals surface area contributed by atoms with Crippen LogP contribution >= 0.6 is 12.4 Å². The van der Waals surface area contributed by atoms with E-state index in [-0.39, 0.29) is 18.3 Å². The highest BCUT2D eigenvalue weighted by molar-refractivity contribution is 5.96. The van der Waals surface area contributed by atoms with Crippen molar-refractivity contribution in [3.63, 3.8) is 0 Å². The predicted octanol–water partition coefficient (Wildman–Crippen LogP) is 2.21. The number of nitrogens with one attached hydrogen (secondary N) is 2. The van der Waals surface area contributed by atoms with Gasteiger partial charge in [0.2, 0.25) is 0 Å². The van der Waals surface area contributed by atoms with Crippen LogP contribution in [-0.2, 0) is 0 Å². The summed E-state index contributed by atoms with van der Waals surface area (Å²) >= 11 is 0. The van der Waals surface area contributed by atoms with E-state index in [1.807, 2.05) is 32.0 Å². The summed E-state index contributed by atoms with van der Waals surface area (Å²) in [6, 6.07) is 6.33. The molecule has 0 saturated carbocycles. The normalized spacial score (nSPS) is 15.9.